The molecule has 388 valence electrons. The van der Waals surface area contributed by atoms with E-state index in [0.29, 0.717) is 39.5 Å². The lowest BCUT2D eigenvalue weighted by Crippen LogP contribution is -2.27. The van der Waals surface area contributed by atoms with Crippen LogP contribution in [0.25, 0.3) is 0 Å². The Bertz CT molecular complexity index is 1300. The minimum Gasteiger partial charge on any atom is -0.389 e. The summed E-state index contributed by atoms with van der Waals surface area (Å²) in [4.78, 5) is 0. The lowest BCUT2D eigenvalue weighted by atomic mass is 10.0. The lowest BCUT2D eigenvalue weighted by Gasteiger charge is -2.20. The van der Waals surface area contributed by atoms with E-state index < -0.39 is 12.2 Å². The Hall–Kier alpha value is -2.32. The van der Waals surface area contributed by atoms with Crippen LogP contribution in [-0.2, 0) is 9.47 Å². The van der Waals surface area contributed by atoms with Gasteiger partial charge < -0.3 is 35.6 Å². The molecule has 2 rings (SSSR count). The Labute approximate surface area is 414 Å². The fraction of sp³-hybridized carbons (Fsp3) is 0.800. The summed E-state index contributed by atoms with van der Waals surface area (Å²) < 4.78 is 11.7. The molecule has 0 radical (unpaired) electrons. The molecule has 0 aromatic heterocycles. The van der Waals surface area contributed by atoms with Crippen LogP contribution in [0.1, 0.15) is 258 Å². The number of benzene rings is 2. The van der Waals surface area contributed by atoms with Gasteiger partial charge in [0.15, 0.2) is 0 Å². The largest absolute Gasteiger partial charge is 0.389 e. The summed E-state index contributed by atoms with van der Waals surface area (Å²) in [6.45, 7) is 7.36. The van der Waals surface area contributed by atoms with Gasteiger partial charge in [0.25, 0.3) is 0 Å². The number of aliphatic hydroxyl groups excluding tert-OH is 2. The van der Waals surface area contributed by atoms with Crippen LogP contribution in [0.3, 0.4) is 0 Å². The molecule has 2 aromatic rings. The molecular formula is C60H109N3O4. The SMILES string of the molecule is CCCCCCCCCCCCCCCCCCCCCOCC(O)CNc1ccc(Nc2ccccc2)cc1NCC(O)COCCCCCCCCCCCCCCCCCCCCC. The third-order valence-corrected chi connectivity index (χ3v) is 13.5. The molecule has 0 saturated heterocycles. The van der Waals surface area contributed by atoms with E-state index in [-0.39, 0.29) is 0 Å². The van der Waals surface area contributed by atoms with Crippen molar-refractivity contribution in [1.29, 1.82) is 0 Å². The van der Waals surface area contributed by atoms with Crippen molar-refractivity contribution in [3.63, 3.8) is 0 Å². The molecule has 0 heterocycles. The van der Waals surface area contributed by atoms with Crippen molar-refractivity contribution in [3.8, 4) is 0 Å². The Balaban J connectivity index is 1.49. The highest BCUT2D eigenvalue weighted by molar-refractivity contribution is 5.76. The van der Waals surface area contributed by atoms with Crippen LogP contribution in [0.5, 0.6) is 0 Å². The number of unbranched alkanes of at least 4 members (excludes halogenated alkanes) is 36. The number of hydrogen-bond donors (Lipinski definition) is 5. The van der Waals surface area contributed by atoms with Gasteiger partial charge in [-0.25, -0.2) is 0 Å². The van der Waals surface area contributed by atoms with E-state index in [1.54, 1.807) is 0 Å². The van der Waals surface area contributed by atoms with Gasteiger partial charge >= 0.3 is 0 Å². The standard InChI is InChI=1S/C60H109N3O4/c1-3-5-7-9-11-13-15-17-19-21-23-25-27-29-31-33-35-37-42-48-66-53-57(64)51-61-59-47-46-56(63-55-44-40-39-41-45-55)50-60(59)62-52-58(65)54-67-49-43-38-36-34-32-30-28-26-24-22-20-18-16-14-12-10-8-6-4-2/h39-41,44-47,50,57-58,61-65H,3-38,42-43,48-49,51-54H2,1-2H3. The molecule has 0 bridgehead atoms. The van der Waals surface area contributed by atoms with Crippen molar-refractivity contribution in [2.24, 2.45) is 0 Å². The van der Waals surface area contributed by atoms with Gasteiger partial charge in [-0.15, -0.1) is 0 Å². The number of rotatable bonds is 52. The van der Waals surface area contributed by atoms with Crippen LogP contribution in [0, 0.1) is 0 Å². The first-order valence-electron chi connectivity index (χ1n) is 29.1. The zero-order valence-corrected chi connectivity index (χ0v) is 44.1. The molecule has 0 aliphatic carbocycles. The third kappa shape index (κ3) is 39.1. The summed E-state index contributed by atoms with van der Waals surface area (Å²) in [5, 5.41) is 31.9. The molecule has 7 nitrogen and oxygen atoms in total. The number of ether oxygens (including phenoxy) is 2. The first-order valence-corrected chi connectivity index (χ1v) is 29.1. The number of anilines is 4. The number of aliphatic hydroxyl groups is 2. The van der Waals surface area contributed by atoms with E-state index in [1.807, 2.05) is 48.5 Å². The van der Waals surface area contributed by atoms with Gasteiger partial charge in [-0.05, 0) is 43.2 Å². The van der Waals surface area contributed by atoms with Gasteiger partial charge in [-0.3, -0.25) is 0 Å². The predicted molar refractivity (Wildman–Crippen MR) is 294 cm³/mol. The van der Waals surface area contributed by atoms with Crippen molar-refractivity contribution >= 4 is 22.7 Å². The summed E-state index contributed by atoms with van der Waals surface area (Å²) in [6.07, 6.45) is 51.0. The summed E-state index contributed by atoms with van der Waals surface area (Å²) >= 11 is 0. The molecule has 0 spiro atoms. The van der Waals surface area contributed by atoms with Crippen LogP contribution in [-0.4, -0.2) is 61.9 Å². The number of nitrogens with one attached hydrogen (secondary N) is 3. The van der Waals surface area contributed by atoms with Crippen molar-refractivity contribution in [3.05, 3.63) is 48.5 Å². The molecule has 67 heavy (non-hydrogen) atoms. The van der Waals surface area contributed by atoms with Crippen LogP contribution in [0.4, 0.5) is 22.7 Å². The Morgan fingerprint density at radius 1 is 0.358 bits per heavy atom. The summed E-state index contributed by atoms with van der Waals surface area (Å²) in [7, 11) is 0. The normalized spacial score (nSPS) is 12.4. The fourth-order valence-corrected chi connectivity index (χ4v) is 9.19. The van der Waals surface area contributed by atoms with E-state index in [4.69, 9.17) is 9.47 Å². The first kappa shape index (κ1) is 60.8. The maximum Gasteiger partial charge on any atom is 0.0945 e. The average molecular weight is 937 g/mol. The highest BCUT2D eigenvalue weighted by Crippen LogP contribution is 2.28. The van der Waals surface area contributed by atoms with Crippen LogP contribution in [0.2, 0.25) is 0 Å². The third-order valence-electron chi connectivity index (χ3n) is 13.5. The minimum absolute atomic E-state index is 0.312. The van der Waals surface area contributed by atoms with Crippen LogP contribution in [0.15, 0.2) is 48.5 Å². The Kier molecular flexibility index (Phi) is 43.0. The van der Waals surface area contributed by atoms with Crippen molar-refractivity contribution < 1.29 is 19.7 Å². The second-order valence-corrected chi connectivity index (χ2v) is 20.2. The summed E-state index contributed by atoms with van der Waals surface area (Å²) in [6, 6.07) is 16.2. The molecule has 0 aliphatic rings. The number of hydrogen-bond acceptors (Lipinski definition) is 7. The zero-order valence-electron chi connectivity index (χ0n) is 44.1. The van der Waals surface area contributed by atoms with E-state index >= 15 is 0 Å². The van der Waals surface area contributed by atoms with E-state index in [1.165, 1.54) is 231 Å². The maximum atomic E-state index is 10.8. The van der Waals surface area contributed by atoms with Gasteiger partial charge in [0.1, 0.15) is 0 Å². The second kappa shape index (κ2) is 47.4. The monoisotopic (exact) mass is 936 g/mol. The lowest BCUT2D eigenvalue weighted by molar-refractivity contribution is 0.0414. The van der Waals surface area contributed by atoms with E-state index in [9.17, 15) is 10.2 Å². The van der Waals surface area contributed by atoms with Crippen molar-refractivity contribution in [2.45, 2.75) is 270 Å². The van der Waals surface area contributed by atoms with Gasteiger partial charge in [0.05, 0.1) is 36.8 Å². The molecule has 0 saturated carbocycles. The molecule has 2 atom stereocenters. The molecule has 2 aromatic carbocycles. The summed E-state index contributed by atoms with van der Waals surface area (Å²) in [5.41, 5.74) is 3.69. The van der Waals surface area contributed by atoms with Crippen LogP contribution >= 0.6 is 0 Å². The quantitative estimate of drug-likeness (QED) is 0.0422. The van der Waals surface area contributed by atoms with Crippen molar-refractivity contribution in [2.75, 3.05) is 55.5 Å². The van der Waals surface area contributed by atoms with E-state index in [0.717, 1.165) is 35.6 Å². The molecular weight excluding hydrogens is 827 g/mol. The maximum absolute atomic E-state index is 10.8. The van der Waals surface area contributed by atoms with Gasteiger partial charge in [-0.2, -0.15) is 0 Å². The smallest absolute Gasteiger partial charge is 0.0945 e. The highest BCUT2D eigenvalue weighted by Gasteiger charge is 2.11. The van der Waals surface area contributed by atoms with Crippen LogP contribution < -0.4 is 16.0 Å². The van der Waals surface area contributed by atoms with E-state index in [2.05, 4.69) is 29.8 Å². The average Bonchev–Trinajstić information content (AvgIpc) is 3.34. The Morgan fingerprint density at radius 3 is 1.01 bits per heavy atom. The van der Waals surface area contributed by atoms with Crippen molar-refractivity contribution in [1.82, 2.24) is 0 Å². The van der Waals surface area contributed by atoms with Gasteiger partial charge in [-0.1, -0.05) is 263 Å². The minimum atomic E-state index is -0.623. The first-order chi connectivity index (χ1) is 33.1. The Morgan fingerprint density at radius 2 is 0.672 bits per heavy atom. The molecule has 0 amide bonds. The predicted octanol–water partition coefficient (Wildman–Crippen LogP) is 17.9. The number of para-hydroxylation sites is 1. The zero-order chi connectivity index (χ0) is 47.8. The van der Waals surface area contributed by atoms with Gasteiger partial charge in [0.2, 0.25) is 0 Å². The topological polar surface area (TPSA) is 95.0 Å². The second-order valence-electron chi connectivity index (χ2n) is 20.2. The summed E-state index contributed by atoms with van der Waals surface area (Å²) in [5.74, 6) is 0. The molecule has 2 unspecified atom stereocenters. The van der Waals surface area contributed by atoms with Gasteiger partial charge in [0, 0.05) is 37.7 Å². The molecule has 5 N–H and O–H groups in total. The molecule has 7 heteroatoms. The molecule has 0 aliphatic heterocycles. The highest BCUT2D eigenvalue weighted by atomic mass is 16.5. The fourth-order valence-electron chi connectivity index (χ4n) is 9.19. The molecule has 0 fully saturated rings.